The molecule has 1 aromatic carbocycles. The highest BCUT2D eigenvalue weighted by atomic mass is 35.5. The topological polar surface area (TPSA) is 92.3 Å². The van der Waals surface area contributed by atoms with E-state index in [1.165, 1.54) is 0 Å². The minimum atomic E-state index is -0.400. The maximum absolute atomic E-state index is 12.6. The van der Waals surface area contributed by atoms with E-state index in [0.717, 1.165) is 26.3 Å². The minimum Gasteiger partial charge on any atom is -0.379 e. The Bertz CT molecular complexity index is 1050. The molecule has 3 heterocycles. The minimum absolute atomic E-state index is 0.223. The molecule has 1 aliphatic heterocycles. The number of amides is 1. The average molecular weight is 459 g/mol. The van der Waals surface area contributed by atoms with Crippen LogP contribution in [0.2, 0.25) is 10.0 Å². The Hall–Kier alpha value is -2.78. The molecule has 2 aromatic heterocycles. The molecule has 0 unspecified atom stereocenters. The number of morpholine rings is 1. The van der Waals surface area contributed by atoms with Gasteiger partial charge in [-0.3, -0.25) is 9.69 Å². The Morgan fingerprint density at radius 2 is 1.77 bits per heavy atom. The quantitative estimate of drug-likeness (QED) is 0.576. The fourth-order valence-electron chi connectivity index (χ4n) is 3.12. The van der Waals surface area contributed by atoms with Crippen LogP contribution in [-0.4, -0.2) is 52.1 Å². The van der Waals surface area contributed by atoms with Crippen molar-refractivity contribution in [1.29, 1.82) is 0 Å². The summed E-state index contributed by atoms with van der Waals surface area (Å²) >= 11 is 12.2. The maximum Gasteiger partial charge on any atom is 0.258 e. The zero-order valence-corrected chi connectivity index (χ0v) is 18.0. The van der Waals surface area contributed by atoms with Gasteiger partial charge in [0.15, 0.2) is 0 Å². The van der Waals surface area contributed by atoms with Gasteiger partial charge in [0.25, 0.3) is 5.91 Å². The zero-order valence-electron chi connectivity index (χ0n) is 16.5. The molecule has 160 valence electrons. The van der Waals surface area contributed by atoms with Crippen molar-refractivity contribution < 1.29 is 9.53 Å². The molecule has 10 heteroatoms. The van der Waals surface area contributed by atoms with Crippen LogP contribution in [0, 0.1) is 0 Å². The summed E-state index contributed by atoms with van der Waals surface area (Å²) < 4.78 is 5.37. The molecule has 31 heavy (non-hydrogen) atoms. The molecule has 0 spiro atoms. The number of hydrogen-bond donors (Lipinski definition) is 2. The van der Waals surface area contributed by atoms with Gasteiger partial charge in [-0.2, -0.15) is 0 Å². The normalized spacial score (nSPS) is 14.3. The Balaban J connectivity index is 1.44. The van der Waals surface area contributed by atoms with Crippen LogP contribution in [0.25, 0.3) is 0 Å². The number of pyridine rings is 1. The molecule has 0 aliphatic carbocycles. The van der Waals surface area contributed by atoms with Gasteiger partial charge in [0.1, 0.15) is 17.5 Å². The largest absolute Gasteiger partial charge is 0.379 e. The summed E-state index contributed by atoms with van der Waals surface area (Å²) in [6, 6.07) is 10.1. The molecular weight excluding hydrogens is 439 g/mol. The average Bonchev–Trinajstić information content (AvgIpc) is 2.75. The van der Waals surface area contributed by atoms with Crippen molar-refractivity contribution in [3.63, 3.8) is 0 Å². The highest BCUT2D eigenvalue weighted by Gasteiger charge is 2.15. The lowest BCUT2D eigenvalue weighted by Gasteiger charge is -2.25. The van der Waals surface area contributed by atoms with E-state index in [-0.39, 0.29) is 15.6 Å². The number of nitrogens with one attached hydrogen (secondary N) is 2. The number of aromatic nitrogens is 3. The van der Waals surface area contributed by atoms with Crippen LogP contribution in [0.1, 0.15) is 16.2 Å². The van der Waals surface area contributed by atoms with Crippen molar-refractivity contribution in [2.75, 3.05) is 36.9 Å². The summed E-state index contributed by atoms with van der Waals surface area (Å²) in [5.74, 6) is 1.45. The number of benzene rings is 1. The molecule has 1 amide bonds. The smallest absolute Gasteiger partial charge is 0.258 e. The van der Waals surface area contributed by atoms with E-state index in [2.05, 4.69) is 30.5 Å². The summed E-state index contributed by atoms with van der Waals surface area (Å²) in [4.78, 5) is 28.0. The number of carbonyl (C=O) groups excluding carboxylic acids is 1. The summed E-state index contributed by atoms with van der Waals surface area (Å²) in [5.41, 5.74) is 0.766. The molecule has 0 bridgehead atoms. The summed E-state index contributed by atoms with van der Waals surface area (Å²) in [6.07, 6.45) is 3.29. The molecule has 0 saturated carbocycles. The highest BCUT2D eigenvalue weighted by molar-refractivity contribution is 6.40. The van der Waals surface area contributed by atoms with Gasteiger partial charge in [0.2, 0.25) is 0 Å². The number of nitrogens with zero attached hydrogens (tertiary/aromatic N) is 4. The zero-order chi connectivity index (χ0) is 21.6. The lowest BCUT2D eigenvalue weighted by molar-refractivity contribution is 0.0331. The third-order valence-electron chi connectivity index (χ3n) is 4.64. The van der Waals surface area contributed by atoms with Crippen LogP contribution >= 0.6 is 23.2 Å². The Morgan fingerprint density at radius 1 is 1.03 bits per heavy atom. The summed E-state index contributed by atoms with van der Waals surface area (Å²) in [7, 11) is 0. The van der Waals surface area contributed by atoms with E-state index in [1.54, 1.807) is 48.8 Å². The highest BCUT2D eigenvalue weighted by Crippen LogP contribution is 2.26. The number of rotatable bonds is 6. The predicted octanol–water partition coefficient (Wildman–Crippen LogP) is 4.01. The van der Waals surface area contributed by atoms with Gasteiger partial charge in [-0.15, -0.1) is 0 Å². The van der Waals surface area contributed by atoms with Gasteiger partial charge in [0.05, 0.1) is 35.4 Å². The second-order valence-corrected chi connectivity index (χ2v) is 7.67. The Kier molecular flexibility index (Phi) is 6.93. The van der Waals surface area contributed by atoms with Crippen molar-refractivity contribution in [3.05, 3.63) is 70.2 Å². The molecule has 8 nitrogen and oxygen atoms in total. The van der Waals surface area contributed by atoms with E-state index in [4.69, 9.17) is 27.9 Å². The predicted molar refractivity (Wildman–Crippen MR) is 120 cm³/mol. The third-order valence-corrected chi connectivity index (χ3v) is 5.27. The molecule has 1 aliphatic rings. The van der Waals surface area contributed by atoms with E-state index >= 15 is 0 Å². The molecule has 2 N–H and O–H groups in total. The number of anilines is 3. The lowest BCUT2D eigenvalue weighted by atomic mass is 10.2. The summed E-state index contributed by atoms with van der Waals surface area (Å²) in [6.45, 7) is 3.82. The van der Waals surface area contributed by atoms with E-state index in [1.807, 2.05) is 0 Å². The van der Waals surface area contributed by atoms with Gasteiger partial charge in [-0.25, -0.2) is 15.0 Å². The standard InChI is InChI=1S/C21H20Cl2N6O2/c22-15-2-1-3-16(23)20(15)21(30)26-14-4-6-24-18(12-14)27-17-5-7-25-19(28-17)13-29-8-10-31-11-9-29/h1-7,12H,8-11,13H2,(H2,24,25,26,27,28,30). The molecule has 0 radical (unpaired) electrons. The van der Waals surface area contributed by atoms with Crippen LogP contribution < -0.4 is 10.6 Å². The second-order valence-electron chi connectivity index (χ2n) is 6.85. The van der Waals surface area contributed by atoms with Gasteiger partial charge in [0, 0.05) is 37.2 Å². The van der Waals surface area contributed by atoms with Crippen molar-refractivity contribution in [2.24, 2.45) is 0 Å². The van der Waals surface area contributed by atoms with Gasteiger partial charge >= 0.3 is 0 Å². The van der Waals surface area contributed by atoms with Crippen LogP contribution in [0.15, 0.2) is 48.8 Å². The Morgan fingerprint density at radius 3 is 2.55 bits per heavy atom. The molecule has 1 saturated heterocycles. The Labute approximate surface area is 189 Å². The van der Waals surface area contributed by atoms with Crippen LogP contribution in [0.3, 0.4) is 0 Å². The first-order valence-corrected chi connectivity index (χ1v) is 10.4. The third kappa shape index (κ3) is 5.68. The molecule has 3 aromatic rings. The van der Waals surface area contributed by atoms with Gasteiger partial charge < -0.3 is 15.4 Å². The van der Waals surface area contributed by atoms with Crippen LogP contribution in [0.5, 0.6) is 0 Å². The van der Waals surface area contributed by atoms with E-state index in [9.17, 15) is 4.79 Å². The van der Waals surface area contributed by atoms with Crippen LogP contribution in [-0.2, 0) is 11.3 Å². The van der Waals surface area contributed by atoms with Gasteiger partial charge in [-0.05, 0) is 24.3 Å². The lowest BCUT2D eigenvalue weighted by Crippen LogP contribution is -2.36. The van der Waals surface area contributed by atoms with Crippen molar-refractivity contribution >= 4 is 46.4 Å². The first-order chi connectivity index (χ1) is 15.1. The molecule has 4 rings (SSSR count). The number of halogens is 2. The molecule has 1 fully saturated rings. The van der Waals surface area contributed by atoms with Crippen molar-refractivity contribution in [1.82, 2.24) is 19.9 Å². The summed E-state index contributed by atoms with van der Waals surface area (Å²) in [5, 5.41) is 6.51. The van der Waals surface area contributed by atoms with E-state index < -0.39 is 5.91 Å². The second kappa shape index (κ2) is 10.0. The van der Waals surface area contributed by atoms with E-state index in [0.29, 0.717) is 29.7 Å². The van der Waals surface area contributed by atoms with Crippen LogP contribution in [0.4, 0.5) is 17.3 Å². The number of hydrogen-bond acceptors (Lipinski definition) is 7. The maximum atomic E-state index is 12.6. The van der Waals surface area contributed by atoms with Gasteiger partial charge in [-0.1, -0.05) is 29.3 Å². The van der Waals surface area contributed by atoms with Crippen molar-refractivity contribution in [2.45, 2.75) is 6.54 Å². The fourth-order valence-corrected chi connectivity index (χ4v) is 3.69. The molecule has 0 atom stereocenters. The fraction of sp³-hybridized carbons (Fsp3) is 0.238. The first kappa shape index (κ1) is 21.5. The van der Waals surface area contributed by atoms with Crippen molar-refractivity contribution in [3.8, 4) is 0 Å². The number of ether oxygens (including phenoxy) is 1. The first-order valence-electron chi connectivity index (χ1n) is 9.69. The monoisotopic (exact) mass is 458 g/mol. The SMILES string of the molecule is O=C(Nc1ccnc(Nc2ccnc(CN3CCOCC3)n2)c1)c1c(Cl)cccc1Cl. The number of carbonyl (C=O) groups is 1. The molecular formula is C21H20Cl2N6O2.